The molecule has 0 saturated heterocycles. The second-order valence-corrected chi connectivity index (χ2v) is 7.28. The Kier molecular flexibility index (Phi) is 6.65. The molecular weight excluding hydrogens is 376 g/mol. The van der Waals surface area contributed by atoms with E-state index in [0.29, 0.717) is 5.69 Å². The van der Waals surface area contributed by atoms with Gasteiger partial charge in [-0.1, -0.05) is 17.7 Å². The number of nitrogens with one attached hydrogen (secondary N) is 2. The Morgan fingerprint density at radius 2 is 1.85 bits per heavy atom. The zero-order valence-corrected chi connectivity index (χ0v) is 15.6. The van der Waals surface area contributed by atoms with Crippen molar-refractivity contribution in [3.05, 3.63) is 53.1 Å². The van der Waals surface area contributed by atoms with Gasteiger partial charge in [-0.2, -0.15) is 0 Å². The SMILES string of the molecule is CC(=O)Nc1cccc(SC(C)C(=O)Nc2cc(C(=O)O)ccc2Cl)c1. The van der Waals surface area contributed by atoms with Crippen LogP contribution in [0.1, 0.15) is 24.2 Å². The Balaban J connectivity index is 2.07. The molecule has 0 aromatic heterocycles. The molecule has 0 saturated carbocycles. The number of carboxylic acid groups (broad SMARTS) is 1. The van der Waals surface area contributed by atoms with Gasteiger partial charge in [0.15, 0.2) is 0 Å². The Hall–Kier alpha value is -2.51. The van der Waals surface area contributed by atoms with Crippen LogP contribution in [0.4, 0.5) is 11.4 Å². The van der Waals surface area contributed by atoms with Crippen LogP contribution < -0.4 is 10.6 Å². The van der Waals surface area contributed by atoms with Crippen LogP contribution >= 0.6 is 23.4 Å². The number of hydrogen-bond acceptors (Lipinski definition) is 4. The Labute approximate surface area is 159 Å². The summed E-state index contributed by atoms with van der Waals surface area (Å²) in [6, 6.07) is 11.3. The molecule has 0 spiro atoms. The Morgan fingerprint density at radius 1 is 1.12 bits per heavy atom. The minimum atomic E-state index is -1.10. The minimum absolute atomic E-state index is 0.0352. The normalized spacial score (nSPS) is 11.5. The predicted molar refractivity (Wildman–Crippen MR) is 103 cm³/mol. The van der Waals surface area contributed by atoms with Crippen molar-refractivity contribution in [3.8, 4) is 0 Å². The molecule has 2 aromatic rings. The van der Waals surface area contributed by atoms with Gasteiger partial charge in [-0.25, -0.2) is 4.79 Å². The molecule has 0 heterocycles. The van der Waals surface area contributed by atoms with Gasteiger partial charge in [-0.3, -0.25) is 9.59 Å². The van der Waals surface area contributed by atoms with E-state index in [4.69, 9.17) is 16.7 Å². The van der Waals surface area contributed by atoms with Crippen molar-refractivity contribution >= 4 is 52.5 Å². The van der Waals surface area contributed by atoms with E-state index in [2.05, 4.69) is 10.6 Å². The van der Waals surface area contributed by atoms with Crippen LogP contribution in [0.2, 0.25) is 5.02 Å². The summed E-state index contributed by atoms with van der Waals surface area (Å²) >= 11 is 7.33. The van der Waals surface area contributed by atoms with Crippen LogP contribution in [-0.4, -0.2) is 28.1 Å². The van der Waals surface area contributed by atoms with Gasteiger partial charge in [-0.15, -0.1) is 11.8 Å². The summed E-state index contributed by atoms with van der Waals surface area (Å²) in [6.45, 7) is 3.14. The molecule has 1 atom stereocenters. The van der Waals surface area contributed by atoms with Crippen LogP contribution in [-0.2, 0) is 9.59 Å². The summed E-state index contributed by atoms with van der Waals surface area (Å²) < 4.78 is 0. The molecule has 0 aliphatic heterocycles. The summed E-state index contributed by atoms with van der Waals surface area (Å²) in [5.74, 6) is -1.59. The van der Waals surface area contributed by atoms with Crippen LogP contribution in [0, 0.1) is 0 Å². The maximum atomic E-state index is 12.4. The Bertz CT molecular complexity index is 857. The van der Waals surface area contributed by atoms with E-state index in [9.17, 15) is 14.4 Å². The number of benzene rings is 2. The quantitative estimate of drug-likeness (QED) is 0.643. The second-order valence-electron chi connectivity index (χ2n) is 5.46. The molecular formula is C18H17ClN2O4S. The van der Waals surface area contributed by atoms with E-state index in [1.807, 2.05) is 6.07 Å². The zero-order chi connectivity index (χ0) is 19.3. The van der Waals surface area contributed by atoms with Crippen molar-refractivity contribution < 1.29 is 19.5 Å². The summed E-state index contributed by atoms with van der Waals surface area (Å²) in [6.07, 6.45) is 0. The van der Waals surface area contributed by atoms with Crippen LogP contribution in [0.5, 0.6) is 0 Å². The van der Waals surface area contributed by atoms with Crippen LogP contribution in [0.15, 0.2) is 47.4 Å². The van der Waals surface area contributed by atoms with Crippen molar-refractivity contribution in [2.24, 2.45) is 0 Å². The molecule has 6 nitrogen and oxygen atoms in total. The highest BCUT2D eigenvalue weighted by atomic mass is 35.5. The van der Waals surface area contributed by atoms with E-state index in [1.54, 1.807) is 25.1 Å². The molecule has 0 radical (unpaired) electrons. The maximum Gasteiger partial charge on any atom is 0.335 e. The van der Waals surface area contributed by atoms with Gasteiger partial charge in [0.1, 0.15) is 0 Å². The summed E-state index contributed by atoms with van der Waals surface area (Å²) in [4.78, 5) is 35.4. The first-order valence-electron chi connectivity index (χ1n) is 7.64. The number of anilines is 2. The second kappa shape index (κ2) is 8.73. The first-order valence-corrected chi connectivity index (χ1v) is 8.90. The lowest BCUT2D eigenvalue weighted by Gasteiger charge is -2.14. The van der Waals surface area contributed by atoms with Gasteiger partial charge in [0.25, 0.3) is 0 Å². The lowest BCUT2D eigenvalue weighted by molar-refractivity contribution is -0.115. The number of halogens is 1. The third-order valence-electron chi connectivity index (χ3n) is 3.31. The first kappa shape index (κ1) is 19.8. The van der Waals surface area contributed by atoms with Gasteiger partial charge in [0.05, 0.1) is 21.5 Å². The number of hydrogen-bond donors (Lipinski definition) is 3. The van der Waals surface area contributed by atoms with Crippen LogP contribution in [0.25, 0.3) is 0 Å². The molecule has 0 bridgehead atoms. The molecule has 2 rings (SSSR count). The number of rotatable bonds is 6. The van der Waals surface area contributed by atoms with E-state index in [0.717, 1.165) is 4.90 Å². The number of carbonyl (C=O) groups excluding carboxylic acids is 2. The smallest absolute Gasteiger partial charge is 0.335 e. The molecule has 2 amide bonds. The molecule has 0 aliphatic rings. The fourth-order valence-corrected chi connectivity index (χ4v) is 3.19. The highest BCUT2D eigenvalue weighted by Crippen LogP contribution is 2.28. The third-order valence-corrected chi connectivity index (χ3v) is 4.73. The molecule has 1 unspecified atom stereocenters. The van der Waals surface area contributed by atoms with Crippen LogP contribution in [0.3, 0.4) is 0 Å². The summed E-state index contributed by atoms with van der Waals surface area (Å²) in [5, 5.41) is 14.2. The monoisotopic (exact) mass is 392 g/mol. The maximum absolute atomic E-state index is 12.4. The standard InChI is InChI=1S/C18H17ClN2O4S/c1-10(26-14-5-3-4-13(9-14)20-11(2)22)17(23)21-16-8-12(18(24)25)6-7-15(16)19/h3-10H,1-2H3,(H,20,22)(H,21,23)(H,24,25). The van der Waals surface area contributed by atoms with Crippen molar-refractivity contribution in [3.63, 3.8) is 0 Å². The predicted octanol–water partition coefficient (Wildman–Crippen LogP) is 4.12. The molecule has 136 valence electrons. The average molecular weight is 393 g/mol. The lowest BCUT2D eigenvalue weighted by atomic mass is 10.2. The lowest BCUT2D eigenvalue weighted by Crippen LogP contribution is -2.22. The molecule has 0 fully saturated rings. The fourth-order valence-electron chi connectivity index (χ4n) is 2.10. The molecule has 2 aromatic carbocycles. The fraction of sp³-hybridized carbons (Fsp3) is 0.167. The Morgan fingerprint density at radius 3 is 2.50 bits per heavy atom. The summed E-state index contributed by atoms with van der Waals surface area (Å²) in [5.41, 5.74) is 0.927. The van der Waals surface area contributed by atoms with Crippen molar-refractivity contribution in [1.29, 1.82) is 0 Å². The van der Waals surface area contributed by atoms with Gasteiger partial charge in [0.2, 0.25) is 11.8 Å². The van der Waals surface area contributed by atoms with Crippen molar-refractivity contribution in [2.45, 2.75) is 24.0 Å². The number of aromatic carboxylic acids is 1. The van der Waals surface area contributed by atoms with Gasteiger partial charge in [0, 0.05) is 17.5 Å². The first-order chi connectivity index (χ1) is 12.3. The molecule has 3 N–H and O–H groups in total. The topological polar surface area (TPSA) is 95.5 Å². The third kappa shape index (κ3) is 5.50. The molecule has 8 heteroatoms. The number of thioether (sulfide) groups is 1. The number of amides is 2. The highest BCUT2D eigenvalue weighted by Gasteiger charge is 2.17. The average Bonchev–Trinajstić information content (AvgIpc) is 2.56. The van der Waals surface area contributed by atoms with Crippen molar-refractivity contribution in [2.75, 3.05) is 10.6 Å². The highest BCUT2D eigenvalue weighted by molar-refractivity contribution is 8.00. The van der Waals surface area contributed by atoms with E-state index < -0.39 is 11.2 Å². The van der Waals surface area contributed by atoms with Gasteiger partial charge >= 0.3 is 5.97 Å². The summed E-state index contributed by atoms with van der Waals surface area (Å²) in [7, 11) is 0. The van der Waals surface area contributed by atoms with Gasteiger partial charge in [-0.05, 0) is 43.3 Å². The van der Waals surface area contributed by atoms with Gasteiger partial charge < -0.3 is 15.7 Å². The van der Waals surface area contributed by atoms with Crippen molar-refractivity contribution in [1.82, 2.24) is 0 Å². The van der Waals surface area contributed by atoms with E-state index >= 15 is 0 Å². The number of carboxylic acids is 1. The molecule has 0 aliphatic carbocycles. The number of carbonyl (C=O) groups is 3. The molecule has 26 heavy (non-hydrogen) atoms. The van der Waals surface area contributed by atoms with E-state index in [-0.39, 0.29) is 28.1 Å². The zero-order valence-electron chi connectivity index (χ0n) is 14.1. The van der Waals surface area contributed by atoms with E-state index in [1.165, 1.54) is 36.9 Å². The minimum Gasteiger partial charge on any atom is -0.478 e. The largest absolute Gasteiger partial charge is 0.478 e.